The number of halogens is 2. The summed E-state index contributed by atoms with van der Waals surface area (Å²) in [5.41, 5.74) is 1.08. The fraction of sp³-hybridized carbons (Fsp3) is 0.300. The van der Waals surface area contributed by atoms with Crippen molar-refractivity contribution in [2.75, 3.05) is 7.11 Å². The van der Waals surface area contributed by atoms with Crippen LogP contribution in [-0.4, -0.2) is 30.6 Å². The molecule has 148 valence electrons. The maximum Gasteiger partial charge on any atom is 0.387 e. The van der Waals surface area contributed by atoms with E-state index in [2.05, 4.69) is 10.1 Å². The zero-order valence-electron chi connectivity index (χ0n) is 15.7. The summed E-state index contributed by atoms with van der Waals surface area (Å²) >= 11 is 0. The number of alkyl halides is 2. The van der Waals surface area contributed by atoms with E-state index in [1.807, 2.05) is 19.1 Å². The average molecular weight is 390 g/mol. The van der Waals surface area contributed by atoms with Crippen LogP contribution in [-0.2, 0) is 16.9 Å². The minimum Gasteiger partial charge on any atom is -0.493 e. The molecule has 0 unspecified atom stereocenters. The van der Waals surface area contributed by atoms with Crippen molar-refractivity contribution in [3.63, 3.8) is 0 Å². The van der Waals surface area contributed by atoms with E-state index in [0.717, 1.165) is 10.5 Å². The summed E-state index contributed by atoms with van der Waals surface area (Å²) in [5.74, 6) is -0.428. The number of ether oxygens (including phenoxy) is 2. The third-order valence-corrected chi connectivity index (χ3v) is 4.69. The van der Waals surface area contributed by atoms with Gasteiger partial charge in [0.05, 0.1) is 13.7 Å². The average Bonchev–Trinajstić information content (AvgIpc) is 2.87. The maximum atomic E-state index is 13.0. The Balaban J connectivity index is 1.84. The molecule has 0 aliphatic carbocycles. The number of carbonyl (C=O) groups excluding carboxylic acids is 2. The zero-order chi connectivity index (χ0) is 20.5. The molecule has 0 aromatic heterocycles. The molecule has 0 radical (unpaired) electrons. The first kappa shape index (κ1) is 19.6. The topological polar surface area (TPSA) is 67.9 Å². The highest BCUT2D eigenvalue weighted by Crippen LogP contribution is 2.33. The molecule has 1 saturated heterocycles. The Morgan fingerprint density at radius 1 is 1.11 bits per heavy atom. The second-order valence-electron chi connectivity index (χ2n) is 6.68. The SMILES string of the molecule is COc1cc(CN2C(=O)N[C@@](C)(c3ccc(C)cc3)C2=O)ccc1OC(F)F. The second kappa shape index (κ2) is 7.46. The molecule has 1 aliphatic rings. The molecule has 2 aromatic rings. The lowest BCUT2D eigenvalue weighted by Crippen LogP contribution is -2.40. The fourth-order valence-electron chi connectivity index (χ4n) is 3.11. The lowest BCUT2D eigenvalue weighted by Gasteiger charge is -2.22. The summed E-state index contributed by atoms with van der Waals surface area (Å²) < 4.78 is 34.4. The van der Waals surface area contributed by atoms with Crippen molar-refractivity contribution in [3.05, 3.63) is 59.2 Å². The lowest BCUT2D eigenvalue weighted by atomic mass is 9.91. The summed E-state index contributed by atoms with van der Waals surface area (Å²) in [7, 11) is 1.32. The van der Waals surface area contributed by atoms with E-state index < -0.39 is 24.1 Å². The van der Waals surface area contributed by atoms with E-state index in [-0.39, 0.29) is 18.0 Å². The van der Waals surface area contributed by atoms with Gasteiger partial charge in [0.2, 0.25) is 0 Å². The van der Waals surface area contributed by atoms with Crippen LogP contribution in [0.25, 0.3) is 0 Å². The van der Waals surface area contributed by atoms with Crippen LogP contribution in [0, 0.1) is 6.92 Å². The van der Waals surface area contributed by atoms with E-state index in [1.165, 1.54) is 25.3 Å². The van der Waals surface area contributed by atoms with Gasteiger partial charge in [-0.2, -0.15) is 8.78 Å². The van der Waals surface area contributed by atoms with Gasteiger partial charge in [-0.1, -0.05) is 35.9 Å². The molecule has 8 heteroatoms. The highest BCUT2D eigenvalue weighted by Gasteiger charge is 2.48. The number of carbonyl (C=O) groups is 2. The summed E-state index contributed by atoms with van der Waals surface area (Å²) in [5, 5.41) is 2.73. The minimum atomic E-state index is -2.99. The van der Waals surface area contributed by atoms with Crippen molar-refractivity contribution in [3.8, 4) is 11.5 Å². The molecule has 2 aromatic carbocycles. The lowest BCUT2D eigenvalue weighted by molar-refractivity contribution is -0.131. The Labute approximate surface area is 161 Å². The number of urea groups is 1. The number of nitrogens with zero attached hydrogens (tertiary/aromatic N) is 1. The van der Waals surface area contributed by atoms with E-state index in [1.54, 1.807) is 19.1 Å². The highest BCUT2D eigenvalue weighted by molar-refractivity contribution is 6.07. The molecule has 6 nitrogen and oxygen atoms in total. The first-order valence-electron chi connectivity index (χ1n) is 8.57. The number of imide groups is 1. The van der Waals surface area contributed by atoms with Gasteiger partial charge >= 0.3 is 12.6 Å². The number of rotatable bonds is 6. The Kier molecular flexibility index (Phi) is 5.22. The number of aryl methyl sites for hydroxylation is 1. The first-order valence-corrected chi connectivity index (χ1v) is 8.57. The molecule has 3 amide bonds. The van der Waals surface area contributed by atoms with Gasteiger partial charge in [0.1, 0.15) is 5.54 Å². The zero-order valence-corrected chi connectivity index (χ0v) is 15.7. The van der Waals surface area contributed by atoms with Gasteiger partial charge in [-0.15, -0.1) is 0 Å². The second-order valence-corrected chi connectivity index (χ2v) is 6.68. The number of hydrogen-bond acceptors (Lipinski definition) is 4. The standard InChI is InChI=1S/C20H20F2N2O4/c1-12-4-7-14(8-5-12)20(2)17(25)24(19(26)23-20)11-13-6-9-15(28-18(21)22)16(10-13)27-3/h4-10,18H,11H2,1-3H3,(H,23,26)/t20-/m0/s1. The smallest absolute Gasteiger partial charge is 0.387 e. The molecular weight excluding hydrogens is 370 g/mol. The third kappa shape index (κ3) is 3.62. The van der Waals surface area contributed by atoms with Gasteiger partial charge in [-0.25, -0.2) is 4.79 Å². The fourth-order valence-corrected chi connectivity index (χ4v) is 3.11. The van der Waals surface area contributed by atoms with Crippen LogP contribution in [0.1, 0.15) is 23.6 Å². The molecule has 0 saturated carbocycles. The Morgan fingerprint density at radius 3 is 2.39 bits per heavy atom. The highest BCUT2D eigenvalue weighted by atomic mass is 19.3. The maximum absolute atomic E-state index is 13.0. The number of methoxy groups -OCH3 is 1. The quantitative estimate of drug-likeness (QED) is 0.766. The number of benzene rings is 2. The van der Waals surface area contributed by atoms with Crippen LogP contribution >= 0.6 is 0 Å². The summed E-state index contributed by atoms with van der Waals surface area (Å²) in [6, 6.07) is 11.1. The summed E-state index contributed by atoms with van der Waals surface area (Å²) in [6.07, 6.45) is 0. The Bertz CT molecular complexity index is 902. The van der Waals surface area contributed by atoms with Crippen LogP contribution in [0.3, 0.4) is 0 Å². The van der Waals surface area contributed by atoms with E-state index >= 15 is 0 Å². The van der Waals surface area contributed by atoms with Crippen LogP contribution < -0.4 is 14.8 Å². The molecule has 1 N–H and O–H groups in total. The van der Waals surface area contributed by atoms with Gasteiger partial charge in [0.25, 0.3) is 5.91 Å². The van der Waals surface area contributed by atoms with E-state index in [0.29, 0.717) is 11.1 Å². The first-order chi connectivity index (χ1) is 13.2. The van der Waals surface area contributed by atoms with Crippen LogP contribution in [0.15, 0.2) is 42.5 Å². The van der Waals surface area contributed by atoms with Gasteiger partial charge < -0.3 is 14.8 Å². The number of amides is 3. The normalized spacial score (nSPS) is 19.1. The minimum absolute atomic E-state index is 0.0303. The molecule has 28 heavy (non-hydrogen) atoms. The van der Waals surface area contributed by atoms with Crippen molar-refractivity contribution >= 4 is 11.9 Å². The molecule has 1 atom stereocenters. The molecule has 1 aliphatic heterocycles. The van der Waals surface area contributed by atoms with Crippen molar-refractivity contribution in [2.45, 2.75) is 32.5 Å². The molecular formula is C20H20F2N2O4. The van der Waals surface area contributed by atoms with Crippen molar-refractivity contribution < 1.29 is 27.8 Å². The van der Waals surface area contributed by atoms with Crippen molar-refractivity contribution in [2.24, 2.45) is 0 Å². The predicted molar refractivity (Wildman–Crippen MR) is 97.2 cm³/mol. The molecule has 1 heterocycles. The van der Waals surface area contributed by atoms with Crippen LogP contribution in [0.4, 0.5) is 13.6 Å². The van der Waals surface area contributed by atoms with Crippen LogP contribution in [0.5, 0.6) is 11.5 Å². The monoisotopic (exact) mass is 390 g/mol. The van der Waals surface area contributed by atoms with Crippen molar-refractivity contribution in [1.82, 2.24) is 10.2 Å². The Hall–Kier alpha value is -3.16. The summed E-state index contributed by atoms with van der Waals surface area (Å²) in [4.78, 5) is 26.5. The van der Waals surface area contributed by atoms with Crippen LogP contribution in [0.2, 0.25) is 0 Å². The molecule has 1 fully saturated rings. The van der Waals surface area contributed by atoms with Crippen molar-refractivity contribution in [1.29, 1.82) is 0 Å². The van der Waals surface area contributed by atoms with Gasteiger partial charge in [0.15, 0.2) is 11.5 Å². The predicted octanol–water partition coefficient (Wildman–Crippen LogP) is 3.57. The Morgan fingerprint density at radius 2 is 1.79 bits per heavy atom. The van der Waals surface area contributed by atoms with Gasteiger partial charge in [0, 0.05) is 0 Å². The third-order valence-electron chi connectivity index (χ3n) is 4.69. The number of hydrogen-bond donors (Lipinski definition) is 1. The van der Waals surface area contributed by atoms with E-state index in [9.17, 15) is 18.4 Å². The van der Waals surface area contributed by atoms with E-state index in [4.69, 9.17) is 4.74 Å². The molecule has 3 rings (SSSR count). The molecule has 0 bridgehead atoms. The molecule has 0 spiro atoms. The van der Waals surface area contributed by atoms with Gasteiger partial charge in [-0.3, -0.25) is 9.69 Å². The van der Waals surface area contributed by atoms with Gasteiger partial charge in [-0.05, 0) is 37.1 Å². The summed E-state index contributed by atoms with van der Waals surface area (Å²) in [6.45, 7) is 0.568. The number of nitrogens with one attached hydrogen (secondary N) is 1. The largest absolute Gasteiger partial charge is 0.493 e.